The molecule has 0 radical (unpaired) electrons. The van der Waals surface area contributed by atoms with Crippen molar-refractivity contribution in [3.8, 4) is 0 Å². The van der Waals surface area contributed by atoms with Crippen LogP contribution in [0.3, 0.4) is 0 Å². The lowest BCUT2D eigenvalue weighted by atomic mass is 10.4. The molecule has 0 saturated heterocycles. The normalized spacial score (nSPS) is 10.9. The van der Waals surface area contributed by atoms with Gasteiger partial charge in [0.2, 0.25) is 0 Å². The zero-order valence-electron chi connectivity index (χ0n) is 11.3. The zero-order valence-corrected chi connectivity index (χ0v) is 11.3. The van der Waals surface area contributed by atoms with Crippen molar-refractivity contribution in [1.82, 2.24) is 15.1 Å². The number of hydrogen-bond donors (Lipinski definition) is 2. The van der Waals surface area contributed by atoms with E-state index in [0.717, 1.165) is 18.8 Å². The topological polar surface area (TPSA) is 68.2 Å². The van der Waals surface area contributed by atoms with Crippen LogP contribution in [0.25, 0.3) is 0 Å². The second-order valence-corrected chi connectivity index (χ2v) is 4.26. The van der Waals surface area contributed by atoms with Gasteiger partial charge in [-0.15, -0.1) is 0 Å². The first-order valence-corrected chi connectivity index (χ1v) is 6.20. The van der Waals surface area contributed by atoms with E-state index in [1.807, 2.05) is 20.9 Å². The summed E-state index contributed by atoms with van der Waals surface area (Å²) in [5.41, 5.74) is 0.632. The minimum absolute atomic E-state index is 0.114. The molecule has 1 aromatic heterocycles. The van der Waals surface area contributed by atoms with Crippen molar-refractivity contribution in [2.45, 2.75) is 26.5 Å². The molecule has 0 bridgehead atoms. The molecule has 0 fully saturated rings. The number of nitrogens with one attached hydrogen (secondary N) is 2. The highest BCUT2D eigenvalue weighted by Crippen LogP contribution is 1.98. The predicted molar refractivity (Wildman–Crippen MR) is 72.0 cm³/mol. The van der Waals surface area contributed by atoms with Gasteiger partial charge in [0.05, 0.1) is 31.1 Å². The molecule has 18 heavy (non-hydrogen) atoms. The maximum absolute atomic E-state index is 11.7. The van der Waals surface area contributed by atoms with E-state index in [0.29, 0.717) is 13.2 Å². The van der Waals surface area contributed by atoms with E-state index in [-0.39, 0.29) is 11.7 Å². The molecule has 0 unspecified atom stereocenters. The Hall–Kier alpha value is -1.40. The molecule has 0 spiro atoms. The second-order valence-electron chi connectivity index (χ2n) is 4.26. The molecule has 6 heteroatoms. The lowest BCUT2D eigenvalue weighted by Gasteiger charge is -2.09. The Morgan fingerprint density at radius 3 is 2.83 bits per heavy atom. The van der Waals surface area contributed by atoms with E-state index in [1.165, 1.54) is 4.68 Å². The van der Waals surface area contributed by atoms with Crippen LogP contribution >= 0.6 is 0 Å². The summed E-state index contributed by atoms with van der Waals surface area (Å²) in [6.07, 6.45) is 1.83. The van der Waals surface area contributed by atoms with Crippen molar-refractivity contribution in [3.63, 3.8) is 0 Å². The Morgan fingerprint density at radius 2 is 2.22 bits per heavy atom. The molecule has 0 aliphatic rings. The SMILES string of the molecule is CNCCNc1cnn(CCOC(C)C)c(=O)c1. The summed E-state index contributed by atoms with van der Waals surface area (Å²) in [6, 6.07) is 1.55. The summed E-state index contributed by atoms with van der Waals surface area (Å²) in [6.45, 7) is 6.50. The van der Waals surface area contributed by atoms with Crippen LogP contribution in [0, 0.1) is 0 Å². The lowest BCUT2D eigenvalue weighted by Crippen LogP contribution is -2.26. The summed E-state index contributed by atoms with van der Waals surface area (Å²) in [4.78, 5) is 11.7. The maximum atomic E-state index is 11.7. The van der Waals surface area contributed by atoms with E-state index in [4.69, 9.17) is 4.74 Å². The largest absolute Gasteiger partial charge is 0.382 e. The van der Waals surface area contributed by atoms with Gasteiger partial charge < -0.3 is 15.4 Å². The van der Waals surface area contributed by atoms with Gasteiger partial charge in [-0.25, -0.2) is 4.68 Å². The molecule has 1 rings (SSSR count). The van der Waals surface area contributed by atoms with Gasteiger partial charge in [-0.2, -0.15) is 5.10 Å². The van der Waals surface area contributed by atoms with Gasteiger partial charge in [0.1, 0.15) is 0 Å². The van der Waals surface area contributed by atoms with Crippen LogP contribution in [0.5, 0.6) is 0 Å². The molecule has 0 aliphatic heterocycles. The summed E-state index contributed by atoms with van der Waals surface area (Å²) in [5, 5.41) is 10.2. The van der Waals surface area contributed by atoms with Gasteiger partial charge in [-0.3, -0.25) is 4.79 Å². The number of ether oxygens (including phenoxy) is 1. The van der Waals surface area contributed by atoms with Gasteiger partial charge in [0, 0.05) is 19.2 Å². The number of likely N-dealkylation sites (N-methyl/N-ethyl adjacent to an activating group) is 1. The summed E-state index contributed by atoms with van der Waals surface area (Å²) in [5.74, 6) is 0. The highest BCUT2D eigenvalue weighted by atomic mass is 16.5. The van der Waals surface area contributed by atoms with E-state index < -0.39 is 0 Å². The van der Waals surface area contributed by atoms with Crippen LogP contribution in [0.15, 0.2) is 17.1 Å². The minimum Gasteiger partial charge on any atom is -0.382 e. The second kappa shape index (κ2) is 7.84. The van der Waals surface area contributed by atoms with Gasteiger partial charge in [0.15, 0.2) is 0 Å². The first-order chi connectivity index (χ1) is 8.63. The Morgan fingerprint density at radius 1 is 1.44 bits per heavy atom. The molecule has 1 heterocycles. The number of nitrogens with zero attached hydrogens (tertiary/aromatic N) is 2. The third kappa shape index (κ3) is 5.29. The molecule has 0 aromatic carbocycles. The van der Waals surface area contributed by atoms with Crippen molar-refractivity contribution in [1.29, 1.82) is 0 Å². The van der Waals surface area contributed by atoms with Gasteiger partial charge >= 0.3 is 0 Å². The molecule has 6 nitrogen and oxygen atoms in total. The van der Waals surface area contributed by atoms with Crippen LogP contribution in [0.2, 0.25) is 0 Å². The van der Waals surface area contributed by atoms with Crippen LogP contribution in [-0.2, 0) is 11.3 Å². The summed E-state index contributed by atoms with van der Waals surface area (Å²) in [7, 11) is 1.88. The highest BCUT2D eigenvalue weighted by molar-refractivity contribution is 5.38. The third-order valence-corrected chi connectivity index (χ3v) is 2.33. The average molecular weight is 254 g/mol. The van der Waals surface area contributed by atoms with Crippen LogP contribution < -0.4 is 16.2 Å². The summed E-state index contributed by atoms with van der Waals surface area (Å²) < 4.78 is 6.80. The standard InChI is InChI=1S/C12H22N4O2/c1-10(2)18-7-6-16-12(17)8-11(9-15-16)14-5-4-13-3/h8-10,13-14H,4-7H2,1-3H3. The number of anilines is 1. The predicted octanol–water partition coefficient (Wildman–Crippen LogP) is 0.300. The van der Waals surface area contributed by atoms with Gasteiger partial charge in [0.25, 0.3) is 5.56 Å². The minimum atomic E-state index is -0.114. The van der Waals surface area contributed by atoms with Gasteiger partial charge in [-0.1, -0.05) is 0 Å². The van der Waals surface area contributed by atoms with Crippen LogP contribution in [0.1, 0.15) is 13.8 Å². The molecule has 2 N–H and O–H groups in total. The van der Waals surface area contributed by atoms with Crippen molar-refractivity contribution < 1.29 is 4.74 Å². The van der Waals surface area contributed by atoms with Crippen molar-refractivity contribution in [2.75, 3.05) is 32.1 Å². The zero-order chi connectivity index (χ0) is 13.4. The van der Waals surface area contributed by atoms with Crippen LogP contribution in [-0.4, -0.2) is 42.6 Å². The van der Waals surface area contributed by atoms with E-state index in [1.54, 1.807) is 12.3 Å². The molecular weight excluding hydrogens is 232 g/mol. The Balaban J connectivity index is 2.49. The number of rotatable bonds is 8. The Kier molecular flexibility index (Phi) is 6.38. The average Bonchev–Trinajstić information content (AvgIpc) is 2.32. The molecular formula is C12H22N4O2. The first kappa shape index (κ1) is 14.7. The van der Waals surface area contributed by atoms with Gasteiger partial charge in [-0.05, 0) is 20.9 Å². The molecule has 0 aliphatic carbocycles. The highest BCUT2D eigenvalue weighted by Gasteiger charge is 2.00. The fraction of sp³-hybridized carbons (Fsp3) is 0.667. The van der Waals surface area contributed by atoms with Crippen molar-refractivity contribution in [3.05, 3.63) is 22.6 Å². The first-order valence-electron chi connectivity index (χ1n) is 6.20. The Bertz CT molecular complexity index is 403. The molecule has 0 saturated carbocycles. The third-order valence-electron chi connectivity index (χ3n) is 2.33. The van der Waals surface area contributed by atoms with Crippen molar-refractivity contribution in [2.24, 2.45) is 0 Å². The molecule has 102 valence electrons. The van der Waals surface area contributed by atoms with E-state index >= 15 is 0 Å². The number of hydrogen-bond acceptors (Lipinski definition) is 5. The molecule has 1 aromatic rings. The molecule has 0 amide bonds. The van der Waals surface area contributed by atoms with E-state index in [9.17, 15) is 4.79 Å². The Labute approximate surface area is 107 Å². The fourth-order valence-electron chi connectivity index (χ4n) is 1.40. The smallest absolute Gasteiger partial charge is 0.268 e. The lowest BCUT2D eigenvalue weighted by molar-refractivity contribution is 0.0702. The van der Waals surface area contributed by atoms with Crippen LogP contribution in [0.4, 0.5) is 5.69 Å². The maximum Gasteiger partial charge on any atom is 0.268 e. The van der Waals surface area contributed by atoms with E-state index in [2.05, 4.69) is 15.7 Å². The summed E-state index contributed by atoms with van der Waals surface area (Å²) >= 11 is 0. The monoisotopic (exact) mass is 254 g/mol. The fourth-order valence-corrected chi connectivity index (χ4v) is 1.40. The number of aromatic nitrogens is 2. The van der Waals surface area contributed by atoms with Crippen molar-refractivity contribution >= 4 is 5.69 Å². The molecule has 0 atom stereocenters. The quantitative estimate of drug-likeness (QED) is 0.653.